The van der Waals surface area contributed by atoms with Crippen molar-refractivity contribution in [2.75, 3.05) is 6.54 Å². The number of benzene rings is 1. The molecule has 1 saturated heterocycles. The molecular weight excluding hydrogens is 246 g/mol. The highest BCUT2D eigenvalue weighted by Crippen LogP contribution is 2.35. The zero-order valence-corrected chi connectivity index (χ0v) is 10.8. The van der Waals surface area contributed by atoms with E-state index in [1.807, 2.05) is 6.92 Å². The number of likely N-dealkylation sites (N-methyl/N-ethyl adjacent to an activating group) is 1. The summed E-state index contributed by atoms with van der Waals surface area (Å²) in [5, 5.41) is 11.1. The van der Waals surface area contributed by atoms with Crippen molar-refractivity contribution in [2.24, 2.45) is 5.73 Å². The predicted molar refractivity (Wildman–Crippen MR) is 70.4 cm³/mol. The molecule has 1 aromatic carbocycles. The fourth-order valence-corrected chi connectivity index (χ4v) is 2.65. The average Bonchev–Trinajstić information content (AvgIpc) is 2.41. The van der Waals surface area contributed by atoms with Crippen LogP contribution in [0, 0.1) is 10.1 Å². The van der Waals surface area contributed by atoms with Crippen LogP contribution in [-0.2, 0) is 4.79 Å². The predicted octanol–water partition coefficient (Wildman–Crippen LogP) is 1.61. The Morgan fingerprint density at radius 2 is 2.16 bits per heavy atom. The molecule has 2 N–H and O–H groups in total. The van der Waals surface area contributed by atoms with Gasteiger partial charge in [-0.3, -0.25) is 14.9 Å². The minimum absolute atomic E-state index is 0.00681. The van der Waals surface area contributed by atoms with E-state index in [-0.39, 0.29) is 17.6 Å². The normalized spacial score (nSPS) is 23.5. The van der Waals surface area contributed by atoms with E-state index in [2.05, 4.69) is 0 Å². The van der Waals surface area contributed by atoms with Gasteiger partial charge in [0.05, 0.1) is 16.5 Å². The maximum absolute atomic E-state index is 11.9. The third-order valence-corrected chi connectivity index (χ3v) is 3.55. The summed E-state index contributed by atoms with van der Waals surface area (Å²) in [6, 6.07) is 5.82. The monoisotopic (exact) mass is 263 g/mol. The van der Waals surface area contributed by atoms with E-state index < -0.39 is 11.0 Å². The van der Waals surface area contributed by atoms with Gasteiger partial charge in [-0.05, 0) is 13.3 Å². The first-order chi connectivity index (χ1) is 9.06. The Balaban J connectivity index is 2.48. The molecule has 1 fully saturated rings. The lowest BCUT2D eigenvalue weighted by Gasteiger charge is -2.39. The van der Waals surface area contributed by atoms with Crippen molar-refractivity contribution < 1.29 is 9.72 Å². The summed E-state index contributed by atoms with van der Waals surface area (Å²) in [4.78, 5) is 24.3. The Labute approximate surface area is 111 Å². The molecule has 1 aliphatic rings. The quantitative estimate of drug-likeness (QED) is 0.662. The van der Waals surface area contributed by atoms with E-state index in [4.69, 9.17) is 5.73 Å². The second-order valence-electron chi connectivity index (χ2n) is 4.64. The summed E-state index contributed by atoms with van der Waals surface area (Å²) < 4.78 is 0. The Morgan fingerprint density at radius 3 is 2.79 bits per heavy atom. The number of para-hydroxylation sites is 1. The first-order valence-corrected chi connectivity index (χ1v) is 6.34. The number of hydrogen-bond donors (Lipinski definition) is 1. The van der Waals surface area contributed by atoms with Gasteiger partial charge < -0.3 is 10.6 Å². The molecule has 6 heteroatoms. The topological polar surface area (TPSA) is 89.5 Å². The fraction of sp³-hybridized carbons (Fsp3) is 0.462. The number of amides is 1. The van der Waals surface area contributed by atoms with E-state index in [0.29, 0.717) is 24.9 Å². The van der Waals surface area contributed by atoms with Crippen molar-refractivity contribution in [3.63, 3.8) is 0 Å². The van der Waals surface area contributed by atoms with Gasteiger partial charge in [-0.1, -0.05) is 18.2 Å². The van der Waals surface area contributed by atoms with Gasteiger partial charge in [0.15, 0.2) is 0 Å². The van der Waals surface area contributed by atoms with Crippen LogP contribution in [0.2, 0.25) is 0 Å². The second kappa shape index (κ2) is 5.36. The summed E-state index contributed by atoms with van der Waals surface area (Å²) in [6.07, 6.45) is 0.970. The molecule has 0 aromatic heterocycles. The first kappa shape index (κ1) is 13.5. The molecule has 0 spiro atoms. The molecule has 1 aliphatic heterocycles. The molecule has 0 saturated carbocycles. The Hall–Kier alpha value is -1.95. The summed E-state index contributed by atoms with van der Waals surface area (Å²) in [5.74, 6) is 0.00681. The number of nitrogens with zero attached hydrogens (tertiary/aromatic N) is 2. The van der Waals surface area contributed by atoms with Gasteiger partial charge in [-0.15, -0.1) is 0 Å². The molecule has 0 bridgehead atoms. The first-order valence-electron chi connectivity index (χ1n) is 6.34. The van der Waals surface area contributed by atoms with Crippen LogP contribution in [0.3, 0.4) is 0 Å². The number of rotatable bonds is 3. The minimum Gasteiger partial charge on any atom is -0.334 e. The van der Waals surface area contributed by atoms with E-state index in [9.17, 15) is 14.9 Å². The van der Waals surface area contributed by atoms with Gasteiger partial charge in [0.2, 0.25) is 5.91 Å². The number of hydrogen-bond acceptors (Lipinski definition) is 4. The van der Waals surface area contributed by atoms with Crippen LogP contribution in [0.5, 0.6) is 0 Å². The molecular formula is C13H17N3O3. The smallest absolute Gasteiger partial charge is 0.274 e. The van der Waals surface area contributed by atoms with Crippen LogP contribution in [0.25, 0.3) is 0 Å². The van der Waals surface area contributed by atoms with E-state index >= 15 is 0 Å². The van der Waals surface area contributed by atoms with Gasteiger partial charge in [0.1, 0.15) is 0 Å². The Morgan fingerprint density at radius 1 is 1.47 bits per heavy atom. The molecule has 0 radical (unpaired) electrons. The summed E-state index contributed by atoms with van der Waals surface area (Å²) in [5.41, 5.74) is 6.64. The van der Waals surface area contributed by atoms with Gasteiger partial charge in [-0.25, -0.2) is 0 Å². The average molecular weight is 263 g/mol. The molecule has 6 nitrogen and oxygen atoms in total. The summed E-state index contributed by atoms with van der Waals surface area (Å²) in [6.45, 7) is 2.36. The van der Waals surface area contributed by atoms with Crippen LogP contribution in [0.1, 0.15) is 31.4 Å². The Kier molecular flexibility index (Phi) is 3.80. The lowest BCUT2D eigenvalue weighted by Crippen LogP contribution is -2.48. The molecule has 2 atom stereocenters. The maximum Gasteiger partial charge on any atom is 0.274 e. The Bertz CT molecular complexity index is 504. The molecule has 1 amide bonds. The SMILES string of the molecule is CCN1C(=O)CCC(N)C1c1ccccc1[N+](=O)[O-]. The van der Waals surface area contributed by atoms with Crippen LogP contribution in [0.4, 0.5) is 5.69 Å². The highest BCUT2D eigenvalue weighted by atomic mass is 16.6. The van der Waals surface area contributed by atoms with Crippen molar-refractivity contribution in [1.82, 2.24) is 4.90 Å². The number of piperidine rings is 1. The van der Waals surface area contributed by atoms with Gasteiger partial charge >= 0.3 is 0 Å². The van der Waals surface area contributed by atoms with Crippen LogP contribution < -0.4 is 5.73 Å². The molecule has 0 aliphatic carbocycles. The molecule has 1 aromatic rings. The van der Waals surface area contributed by atoms with Crippen LogP contribution in [0.15, 0.2) is 24.3 Å². The van der Waals surface area contributed by atoms with E-state index in [1.165, 1.54) is 6.07 Å². The number of carbonyl (C=O) groups excluding carboxylic acids is 1. The van der Waals surface area contributed by atoms with E-state index in [0.717, 1.165) is 0 Å². The maximum atomic E-state index is 11.9. The van der Waals surface area contributed by atoms with Crippen molar-refractivity contribution in [1.29, 1.82) is 0 Å². The number of nitro groups is 1. The number of carbonyl (C=O) groups is 1. The highest BCUT2D eigenvalue weighted by molar-refractivity contribution is 5.78. The van der Waals surface area contributed by atoms with Gasteiger partial charge in [0.25, 0.3) is 5.69 Å². The fourth-order valence-electron chi connectivity index (χ4n) is 2.65. The lowest BCUT2D eigenvalue weighted by atomic mass is 9.89. The van der Waals surface area contributed by atoms with Crippen molar-refractivity contribution in [3.8, 4) is 0 Å². The van der Waals surface area contributed by atoms with Crippen molar-refractivity contribution >= 4 is 11.6 Å². The van der Waals surface area contributed by atoms with Crippen molar-refractivity contribution in [3.05, 3.63) is 39.9 Å². The molecule has 19 heavy (non-hydrogen) atoms. The van der Waals surface area contributed by atoms with Gasteiger partial charge in [-0.2, -0.15) is 0 Å². The van der Waals surface area contributed by atoms with Crippen LogP contribution >= 0.6 is 0 Å². The lowest BCUT2D eigenvalue weighted by molar-refractivity contribution is -0.386. The molecule has 1 heterocycles. The standard InChI is InChI=1S/C13H17N3O3/c1-2-15-12(17)8-7-10(14)13(15)9-5-3-4-6-11(9)16(18)19/h3-6,10,13H,2,7-8,14H2,1H3. The number of nitro benzene ring substituents is 1. The second-order valence-corrected chi connectivity index (χ2v) is 4.64. The summed E-state index contributed by atoms with van der Waals surface area (Å²) in [7, 11) is 0. The van der Waals surface area contributed by atoms with Crippen molar-refractivity contribution in [2.45, 2.75) is 31.8 Å². The summed E-state index contributed by atoms with van der Waals surface area (Å²) >= 11 is 0. The van der Waals surface area contributed by atoms with E-state index in [1.54, 1.807) is 23.1 Å². The number of likely N-dealkylation sites (tertiary alicyclic amines) is 1. The molecule has 102 valence electrons. The molecule has 2 rings (SSSR count). The minimum atomic E-state index is -0.422. The third kappa shape index (κ3) is 2.44. The van der Waals surface area contributed by atoms with Crippen LogP contribution in [-0.4, -0.2) is 28.3 Å². The zero-order valence-electron chi connectivity index (χ0n) is 10.8. The largest absolute Gasteiger partial charge is 0.334 e. The van der Waals surface area contributed by atoms with Gasteiger partial charge in [0, 0.05) is 25.1 Å². The zero-order chi connectivity index (χ0) is 14.0. The third-order valence-electron chi connectivity index (χ3n) is 3.55. The molecule has 2 unspecified atom stereocenters. The highest BCUT2D eigenvalue weighted by Gasteiger charge is 2.37. The number of nitrogens with two attached hydrogens (primary N) is 1.